The van der Waals surface area contributed by atoms with Crippen LogP contribution in [0.3, 0.4) is 0 Å². The number of nitrogens with zero attached hydrogens (tertiary/aromatic N) is 3. The summed E-state index contributed by atoms with van der Waals surface area (Å²) in [6.07, 6.45) is 9.01. The van der Waals surface area contributed by atoms with E-state index >= 15 is 0 Å². The van der Waals surface area contributed by atoms with Gasteiger partial charge in [0.05, 0.1) is 0 Å². The number of hydrogen-bond donors (Lipinski definition) is 0. The standard InChI is InChI=1S/C6H11NO.C6H9NO.C5H4N.2C2H6.H2O.Rb/c2*1-7-4-2-6(8)3-5-7;1-2-4-6-5-3-1;2*1-2;;/h2-5H2,1H3;2,4H,3,5H2,1H3;2-5H;2*1-2H3;1H2;/q;;-1;;;;+1/p-1. The summed E-state index contributed by atoms with van der Waals surface area (Å²) in [5.41, 5.74) is 0. The van der Waals surface area contributed by atoms with Crippen molar-refractivity contribution in [2.75, 3.05) is 33.7 Å². The number of hydrogen-bond acceptors (Lipinski definition) is 6. The van der Waals surface area contributed by atoms with Crippen molar-refractivity contribution in [2.45, 2.75) is 47.0 Å². The van der Waals surface area contributed by atoms with Crippen LogP contribution in [0.1, 0.15) is 47.0 Å². The van der Waals surface area contributed by atoms with Crippen molar-refractivity contribution < 1.29 is 73.3 Å². The molecule has 3 heterocycles. The van der Waals surface area contributed by atoms with Crippen molar-refractivity contribution >= 4 is 11.6 Å². The Balaban J connectivity index is -0.000000138. The molecule has 1 N–H and O–H groups in total. The summed E-state index contributed by atoms with van der Waals surface area (Å²) in [6.45, 7) is 10.8. The Morgan fingerprint density at radius 3 is 1.64 bits per heavy atom. The van der Waals surface area contributed by atoms with E-state index in [4.69, 9.17) is 0 Å². The van der Waals surface area contributed by atoms with E-state index in [-0.39, 0.29) is 69.4 Å². The van der Waals surface area contributed by atoms with Crippen molar-refractivity contribution in [2.24, 2.45) is 0 Å². The van der Waals surface area contributed by atoms with Crippen LogP contribution in [0.15, 0.2) is 36.8 Å². The van der Waals surface area contributed by atoms with Crippen LogP contribution in [0.4, 0.5) is 0 Å². The molecule has 0 aliphatic carbocycles. The number of pyridine rings is 1. The van der Waals surface area contributed by atoms with Gasteiger partial charge in [0.25, 0.3) is 0 Å². The molecule has 0 radical (unpaired) electrons. The van der Waals surface area contributed by atoms with Gasteiger partial charge in [-0.15, -0.1) is 0 Å². The third-order valence-electron chi connectivity index (χ3n) is 3.28. The minimum Gasteiger partial charge on any atom is -0.870 e. The number of carbonyl (C=O) groups is 2. The molecule has 0 amide bonds. The van der Waals surface area contributed by atoms with E-state index < -0.39 is 0 Å². The van der Waals surface area contributed by atoms with Gasteiger partial charge in [0.2, 0.25) is 0 Å². The molecule has 2 aliphatic rings. The number of aromatic nitrogens is 1. The second-order valence-corrected chi connectivity index (χ2v) is 5.30. The second-order valence-electron chi connectivity index (χ2n) is 5.30. The van der Waals surface area contributed by atoms with Crippen LogP contribution < -0.4 is 58.2 Å². The fraction of sp³-hybridized carbons (Fsp3) is 0.571. The first-order valence-electron chi connectivity index (χ1n) is 9.45. The van der Waals surface area contributed by atoms with E-state index in [0.717, 1.165) is 32.5 Å². The number of allylic oxidation sites excluding steroid dienone is 1. The number of piperidine rings is 1. The Hall–Kier alpha value is -0.245. The molecular weight excluding hydrogens is 428 g/mol. The zero-order valence-electron chi connectivity index (χ0n) is 18.8. The van der Waals surface area contributed by atoms with Gasteiger partial charge in [0, 0.05) is 52.1 Å². The average Bonchev–Trinajstić information content (AvgIpc) is 2.72. The quantitative estimate of drug-likeness (QED) is 0.518. The molecule has 7 heteroatoms. The normalized spacial score (nSPS) is 14.6. The molecule has 28 heavy (non-hydrogen) atoms. The molecule has 0 bridgehead atoms. The summed E-state index contributed by atoms with van der Waals surface area (Å²) in [7, 11) is 4.01. The Morgan fingerprint density at radius 2 is 1.39 bits per heavy atom. The first kappa shape index (κ1) is 35.2. The molecule has 1 fully saturated rings. The number of rotatable bonds is 0. The largest absolute Gasteiger partial charge is 1.00 e. The molecule has 1 saturated heterocycles. The number of likely N-dealkylation sites (tertiary alicyclic amines) is 1. The molecule has 0 saturated carbocycles. The molecule has 0 aromatic carbocycles. The van der Waals surface area contributed by atoms with Crippen molar-refractivity contribution in [1.29, 1.82) is 0 Å². The Bertz CT molecular complexity index is 448. The predicted molar refractivity (Wildman–Crippen MR) is 111 cm³/mol. The van der Waals surface area contributed by atoms with Crippen molar-refractivity contribution in [3.05, 3.63) is 42.9 Å². The SMILES string of the molecule is CC.CC.CN1C=CC(=O)CC1.CN1CCC(=O)CC1.[OH-].[Rb+].[c-]1ccncc1. The molecular formula is C21H37N3O3Rb-. The maximum Gasteiger partial charge on any atom is 1.00 e. The summed E-state index contributed by atoms with van der Waals surface area (Å²) in [5, 5.41) is 0. The smallest absolute Gasteiger partial charge is 0.870 e. The maximum atomic E-state index is 10.6. The van der Waals surface area contributed by atoms with E-state index in [1.807, 2.05) is 52.9 Å². The van der Waals surface area contributed by atoms with Crippen LogP contribution in [0.5, 0.6) is 0 Å². The molecule has 156 valence electrons. The van der Waals surface area contributed by atoms with Gasteiger partial charge in [0.15, 0.2) is 5.78 Å². The summed E-state index contributed by atoms with van der Waals surface area (Å²) in [6, 6.07) is 6.36. The van der Waals surface area contributed by atoms with Gasteiger partial charge in [-0.2, -0.15) is 18.2 Å². The van der Waals surface area contributed by atoms with E-state index in [2.05, 4.69) is 16.0 Å². The monoisotopic (exact) mass is 464 g/mol. The molecule has 0 atom stereocenters. The van der Waals surface area contributed by atoms with Gasteiger partial charge in [-0.3, -0.25) is 9.59 Å². The Kier molecular flexibility index (Phi) is 33.6. The predicted octanol–water partition coefficient (Wildman–Crippen LogP) is 0.447. The van der Waals surface area contributed by atoms with Crippen molar-refractivity contribution in [3.63, 3.8) is 0 Å². The first-order chi connectivity index (χ1) is 12.6. The summed E-state index contributed by atoms with van der Waals surface area (Å²) < 4.78 is 0. The summed E-state index contributed by atoms with van der Waals surface area (Å²) in [4.78, 5) is 29.0. The Morgan fingerprint density at radius 1 is 0.893 bits per heavy atom. The van der Waals surface area contributed by atoms with Crippen LogP contribution in [-0.4, -0.2) is 65.6 Å². The molecule has 1 aromatic rings. The van der Waals surface area contributed by atoms with Gasteiger partial charge in [-0.1, -0.05) is 40.1 Å². The molecule has 6 nitrogen and oxygen atoms in total. The topological polar surface area (TPSA) is 83.5 Å². The molecule has 2 aliphatic heterocycles. The van der Waals surface area contributed by atoms with E-state index in [0.29, 0.717) is 12.2 Å². The fourth-order valence-corrected chi connectivity index (χ4v) is 1.80. The zero-order valence-corrected chi connectivity index (χ0v) is 23.7. The molecule has 0 spiro atoms. The molecule has 0 unspecified atom stereocenters. The van der Waals surface area contributed by atoms with Gasteiger partial charge in [-0.05, 0) is 13.1 Å². The molecule has 3 rings (SSSR count). The number of Topliss-reactive ketones (excluding diaryl/α,β-unsaturated/α-hetero) is 1. The van der Waals surface area contributed by atoms with Crippen molar-refractivity contribution in [1.82, 2.24) is 14.8 Å². The van der Waals surface area contributed by atoms with E-state index in [1.165, 1.54) is 0 Å². The Labute approximate surface area is 220 Å². The number of ketones is 2. The van der Waals surface area contributed by atoms with Gasteiger partial charge in [0.1, 0.15) is 5.78 Å². The number of carbonyl (C=O) groups excluding carboxylic acids is 2. The van der Waals surface area contributed by atoms with Crippen LogP contribution in [-0.2, 0) is 9.59 Å². The van der Waals surface area contributed by atoms with Crippen LogP contribution in [0.25, 0.3) is 0 Å². The van der Waals surface area contributed by atoms with Crippen LogP contribution in [0.2, 0.25) is 0 Å². The second kappa shape index (κ2) is 26.8. The minimum atomic E-state index is 0. The molecule has 1 aromatic heterocycles. The average molecular weight is 465 g/mol. The minimum absolute atomic E-state index is 0. The fourth-order valence-electron chi connectivity index (χ4n) is 1.80. The van der Waals surface area contributed by atoms with E-state index in [9.17, 15) is 9.59 Å². The third-order valence-corrected chi connectivity index (χ3v) is 3.28. The van der Waals surface area contributed by atoms with Crippen LogP contribution in [0, 0.1) is 6.07 Å². The van der Waals surface area contributed by atoms with Gasteiger partial charge >= 0.3 is 58.2 Å². The van der Waals surface area contributed by atoms with Gasteiger partial charge < -0.3 is 20.3 Å². The summed E-state index contributed by atoms with van der Waals surface area (Å²) in [5.74, 6) is 0.659. The summed E-state index contributed by atoms with van der Waals surface area (Å²) >= 11 is 0. The third kappa shape index (κ3) is 23.8. The van der Waals surface area contributed by atoms with Crippen LogP contribution >= 0.6 is 0 Å². The maximum absolute atomic E-state index is 10.6. The van der Waals surface area contributed by atoms with Gasteiger partial charge in [-0.25, -0.2) is 0 Å². The first-order valence-corrected chi connectivity index (χ1v) is 9.45. The zero-order chi connectivity index (χ0) is 20.2. The van der Waals surface area contributed by atoms with E-state index in [1.54, 1.807) is 30.6 Å². The van der Waals surface area contributed by atoms with Crippen molar-refractivity contribution in [3.8, 4) is 0 Å².